The molecule has 3 aromatic rings. The minimum Gasteiger partial charge on any atom is -0.507 e. The number of hydrogen-bond acceptors (Lipinski definition) is 4. The van der Waals surface area contributed by atoms with Gasteiger partial charge in [-0.3, -0.25) is 9.79 Å². The van der Waals surface area contributed by atoms with Crippen LogP contribution in [0, 0.1) is 0 Å². The van der Waals surface area contributed by atoms with E-state index in [2.05, 4.69) is 15.5 Å². The molecule has 3 rings (SSSR count). The third-order valence-electron chi connectivity index (χ3n) is 3.67. The number of nitrogens with zero attached hydrogens (tertiary/aromatic N) is 2. The van der Waals surface area contributed by atoms with E-state index in [1.165, 1.54) is 18.3 Å². The van der Waals surface area contributed by atoms with Crippen LogP contribution in [0.5, 0.6) is 5.75 Å². The minimum absolute atomic E-state index is 0.0904. The second-order valence-corrected chi connectivity index (χ2v) is 6.00. The third-order valence-corrected chi connectivity index (χ3v) is 3.99. The van der Waals surface area contributed by atoms with Crippen LogP contribution in [0.1, 0.15) is 21.5 Å². The first kappa shape index (κ1) is 18.4. The molecule has 27 heavy (non-hydrogen) atoms. The van der Waals surface area contributed by atoms with Crippen molar-refractivity contribution < 1.29 is 9.90 Å². The van der Waals surface area contributed by atoms with Gasteiger partial charge < -0.3 is 5.11 Å². The Balaban J connectivity index is 1.61. The van der Waals surface area contributed by atoms with E-state index in [4.69, 9.17) is 11.6 Å². The van der Waals surface area contributed by atoms with E-state index in [0.29, 0.717) is 10.7 Å². The summed E-state index contributed by atoms with van der Waals surface area (Å²) in [4.78, 5) is 16.3. The van der Waals surface area contributed by atoms with Crippen LogP contribution in [-0.4, -0.2) is 23.4 Å². The summed E-state index contributed by atoms with van der Waals surface area (Å²) in [5, 5.41) is 14.1. The molecular weight excluding hydrogens is 362 g/mol. The second kappa shape index (κ2) is 8.78. The number of rotatable bonds is 5. The zero-order valence-corrected chi connectivity index (χ0v) is 15.0. The SMILES string of the molecule is O=C(NN=Cc1ccc(C=Nc2ccccc2Cl)cc1)c1ccccc1O. The maximum absolute atomic E-state index is 11.9. The zero-order chi connectivity index (χ0) is 19.1. The molecule has 5 nitrogen and oxygen atoms in total. The second-order valence-electron chi connectivity index (χ2n) is 5.59. The number of amides is 1. The van der Waals surface area contributed by atoms with Crippen molar-refractivity contribution in [1.29, 1.82) is 0 Å². The van der Waals surface area contributed by atoms with Crippen molar-refractivity contribution in [1.82, 2.24) is 5.43 Å². The molecule has 0 aliphatic heterocycles. The molecule has 0 atom stereocenters. The fourth-order valence-electron chi connectivity index (χ4n) is 2.26. The normalized spacial score (nSPS) is 11.1. The number of carbonyl (C=O) groups excluding carboxylic acids is 1. The molecule has 134 valence electrons. The summed E-state index contributed by atoms with van der Waals surface area (Å²) in [5.74, 6) is -0.569. The smallest absolute Gasteiger partial charge is 0.275 e. The van der Waals surface area contributed by atoms with E-state index in [-0.39, 0.29) is 11.3 Å². The Morgan fingerprint density at radius 1 is 0.889 bits per heavy atom. The number of hydrazone groups is 1. The first-order valence-electron chi connectivity index (χ1n) is 8.13. The Bertz CT molecular complexity index is 998. The van der Waals surface area contributed by atoms with Gasteiger partial charge in [0.05, 0.1) is 22.5 Å². The molecule has 2 N–H and O–H groups in total. The average molecular weight is 378 g/mol. The summed E-state index contributed by atoms with van der Waals surface area (Å²) in [7, 11) is 0. The number of hydrogen-bond donors (Lipinski definition) is 2. The van der Waals surface area contributed by atoms with Crippen molar-refractivity contribution in [2.75, 3.05) is 0 Å². The molecule has 0 saturated heterocycles. The molecule has 0 heterocycles. The van der Waals surface area contributed by atoms with Gasteiger partial charge in [0.25, 0.3) is 5.91 Å². The lowest BCUT2D eigenvalue weighted by Crippen LogP contribution is -2.17. The van der Waals surface area contributed by atoms with Gasteiger partial charge in [-0.2, -0.15) is 5.10 Å². The topological polar surface area (TPSA) is 74.0 Å². The fraction of sp³-hybridized carbons (Fsp3) is 0. The average Bonchev–Trinajstić information content (AvgIpc) is 2.68. The molecule has 0 aliphatic rings. The van der Waals surface area contributed by atoms with Crippen molar-refractivity contribution in [2.24, 2.45) is 10.1 Å². The summed E-state index contributed by atoms with van der Waals surface area (Å²) >= 11 is 6.07. The minimum atomic E-state index is -0.479. The zero-order valence-electron chi connectivity index (χ0n) is 14.2. The Morgan fingerprint density at radius 2 is 1.52 bits per heavy atom. The van der Waals surface area contributed by atoms with Crippen molar-refractivity contribution in [2.45, 2.75) is 0 Å². The van der Waals surface area contributed by atoms with Crippen molar-refractivity contribution >= 4 is 35.6 Å². The predicted octanol–water partition coefficient (Wildman–Crippen LogP) is 4.56. The number of carbonyl (C=O) groups is 1. The highest BCUT2D eigenvalue weighted by atomic mass is 35.5. The van der Waals surface area contributed by atoms with Gasteiger partial charge >= 0.3 is 0 Å². The van der Waals surface area contributed by atoms with E-state index in [9.17, 15) is 9.90 Å². The predicted molar refractivity (Wildman–Crippen MR) is 108 cm³/mol. The van der Waals surface area contributed by atoms with Crippen LogP contribution in [0.2, 0.25) is 5.02 Å². The summed E-state index contributed by atoms with van der Waals surface area (Å²) in [6.07, 6.45) is 3.25. The summed E-state index contributed by atoms with van der Waals surface area (Å²) in [6.45, 7) is 0. The maximum atomic E-state index is 11.9. The molecule has 0 spiro atoms. The van der Waals surface area contributed by atoms with Gasteiger partial charge in [-0.05, 0) is 35.4 Å². The van der Waals surface area contributed by atoms with Crippen LogP contribution in [0.4, 0.5) is 5.69 Å². The van der Waals surface area contributed by atoms with Gasteiger partial charge in [0, 0.05) is 6.21 Å². The number of aliphatic imine (C=N–C) groups is 1. The van der Waals surface area contributed by atoms with Crippen LogP contribution in [0.25, 0.3) is 0 Å². The van der Waals surface area contributed by atoms with Crippen LogP contribution in [-0.2, 0) is 0 Å². The number of phenols is 1. The number of halogens is 1. The molecule has 0 bridgehead atoms. The van der Waals surface area contributed by atoms with E-state index < -0.39 is 5.91 Å². The Labute approximate surface area is 161 Å². The number of nitrogens with one attached hydrogen (secondary N) is 1. The third kappa shape index (κ3) is 5.03. The van der Waals surface area contributed by atoms with Crippen LogP contribution < -0.4 is 5.43 Å². The van der Waals surface area contributed by atoms with Crippen LogP contribution in [0.15, 0.2) is 82.9 Å². The summed E-state index contributed by atoms with van der Waals surface area (Å²) < 4.78 is 0. The van der Waals surface area contributed by atoms with E-state index in [1.807, 2.05) is 42.5 Å². The van der Waals surface area contributed by atoms with Crippen molar-refractivity contribution in [3.05, 3.63) is 94.5 Å². The lowest BCUT2D eigenvalue weighted by molar-refractivity contribution is 0.0952. The van der Waals surface area contributed by atoms with Crippen LogP contribution in [0.3, 0.4) is 0 Å². The number of aromatic hydroxyl groups is 1. The summed E-state index contributed by atoms with van der Waals surface area (Å²) in [6, 6.07) is 21.1. The lowest BCUT2D eigenvalue weighted by atomic mass is 10.1. The van der Waals surface area contributed by atoms with Gasteiger partial charge in [0.2, 0.25) is 0 Å². The van der Waals surface area contributed by atoms with Gasteiger partial charge in [0.1, 0.15) is 5.75 Å². The highest BCUT2D eigenvalue weighted by molar-refractivity contribution is 6.33. The molecule has 0 aromatic heterocycles. The maximum Gasteiger partial charge on any atom is 0.275 e. The van der Waals surface area contributed by atoms with Crippen LogP contribution >= 0.6 is 11.6 Å². The number of benzene rings is 3. The van der Waals surface area contributed by atoms with E-state index in [0.717, 1.165) is 11.1 Å². The van der Waals surface area contributed by atoms with Gasteiger partial charge in [-0.25, -0.2) is 5.43 Å². The Kier molecular flexibility index (Phi) is 5.97. The molecule has 0 aliphatic carbocycles. The van der Waals surface area contributed by atoms with E-state index in [1.54, 1.807) is 24.4 Å². The van der Waals surface area contributed by atoms with Gasteiger partial charge in [-0.15, -0.1) is 0 Å². The number of para-hydroxylation sites is 2. The van der Waals surface area contributed by atoms with Crippen molar-refractivity contribution in [3.8, 4) is 5.75 Å². The molecule has 6 heteroatoms. The first-order chi connectivity index (χ1) is 13.1. The molecular formula is C21H16ClN3O2. The first-order valence-corrected chi connectivity index (χ1v) is 8.51. The molecule has 1 amide bonds. The molecule has 0 unspecified atom stereocenters. The van der Waals surface area contributed by atoms with Gasteiger partial charge in [0.15, 0.2) is 0 Å². The molecule has 0 saturated carbocycles. The highest BCUT2D eigenvalue weighted by Gasteiger charge is 2.08. The monoisotopic (exact) mass is 377 g/mol. The Hall–Kier alpha value is -3.44. The van der Waals surface area contributed by atoms with E-state index >= 15 is 0 Å². The Morgan fingerprint density at radius 3 is 2.22 bits per heavy atom. The number of phenolic OH excluding ortho intramolecular Hbond substituents is 1. The summed E-state index contributed by atoms with van der Waals surface area (Å²) in [5.41, 5.74) is 4.97. The lowest BCUT2D eigenvalue weighted by Gasteiger charge is -2.02. The highest BCUT2D eigenvalue weighted by Crippen LogP contribution is 2.23. The largest absolute Gasteiger partial charge is 0.507 e. The molecule has 3 aromatic carbocycles. The molecule has 0 radical (unpaired) electrons. The standard InChI is InChI=1S/C21H16ClN3O2/c22-18-6-2-3-7-19(18)23-13-15-9-11-16(12-10-15)14-24-25-21(27)17-5-1-4-8-20(17)26/h1-14,26H,(H,25,27). The fourth-order valence-corrected chi connectivity index (χ4v) is 2.44. The van der Waals surface area contributed by atoms with Gasteiger partial charge in [-0.1, -0.05) is 60.1 Å². The quantitative estimate of drug-likeness (QED) is 0.505. The van der Waals surface area contributed by atoms with Crippen molar-refractivity contribution in [3.63, 3.8) is 0 Å². The molecule has 0 fully saturated rings.